The maximum atomic E-state index is 4.68. The van der Waals surface area contributed by atoms with Crippen molar-refractivity contribution in [1.82, 2.24) is 4.98 Å². The molecule has 0 radical (unpaired) electrons. The number of allylic oxidation sites excluding steroid dienone is 1. The summed E-state index contributed by atoms with van der Waals surface area (Å²) in [6.45, 7) is 2.75. The van der Waals surface area contributed by atoms with Crippen molar-refractivity contribution in [1.29, 1.82) is 0 Å². The highest BCUT2D eigenvalue weighted by Crippen LogP contribution is 2.26. The van der Waals surface area contributed by atoms with Gasteiger partial charge in [-0.1, -0.05) is 36.4 Å². The van der Waals surface area contributed by atoms with Gasteiger partial charge in [0.1, 0.15) is 0 Å². The Kier molecular flexibility index (Phi) is 2.48. The number of aryl methyl sites for hydroxylation is 1. The first-order valence-corrected chi connectivity index (χ1v) is 5.89. The van der Waals surface area contributed by atoms with E-state index in [-0.39, 0.29) is 0 Å². The summed E-state index contributed by atoms with van der Waals surface area (Å²) in [5.41, 5.74) is 3.39. The zero-order valence-corrected chi connectivity index (χ0v) is 9.85. The average Bonchev–Trinajstić information content (AvgIpc) is 2.32. The van der Waals surface area contributed by atoms with Crippen LogP contribution in [-0.4, -0.2) is 11.2 Å². The molecule has 1 aromatic heterocycles. The molecule has 84 valence electrons. The van der Waals surface area contributed by atoms with E-state index in [9.17, 15) is 0 Å². The van der Waals surface area contributed by atoms with Crippen molar-refractivity contribution in [3.63, 3.8) is 0 Å². The molecule has 2 aromatic rings. The fraction of sp³-hybridized carbons (Fsp3) is 0.200. The van der Waals surface area contributed by atoms with Crippen LogP contribution in [0.4, 0.5) is 0 Å². The molecule has 1 aliphatic rings. The Balaban J connectivity index is 2.37. The maximum absolute atomic E-state index is 4.68. The normalized spacial score (nSPS) is 14.4. The molecule has 0 fully saturated rings. The summed E-state index contributed by atoms with van der Waals surface area (Å²) in [5.74, 6) is 0. The third kappa shape index (κ3) is 1.76. The fourth-order valence-electron chi connectivity index (χ4n) is 2.29. The lowest BCUT2D eigenvalue weighted by Crippen LogP contribution is -1.99. The molecule has 0 atom stereocenters. The predicted molar refractivity (Wildman–Crippen MR) is 72.3 cm³/mol. The van der Waals surface area contributed by atoms with Crippen LogP contribution in [0.3, 0.4) is 0 Å². The van der Waals surface area contributed by atoms with Gasteiger partial charge in [0, 0.05) is 29.3 Å². The van der Waals surface area contributed by atoms with Crippen LogP contribution < -0.4 is 0 Å². The van der Waals surface area contributed by atoms with Crippen molar-refractivity contribution in [2.75, 3.05) is 0 Å². The van der Waals surface area contributed by atoms with Crippen LogP contribution in [-0.2, 0) is 6.54 Å². The lowest BCUT2D eigenvalue weighted by molar-refractivity contribution is 0.973. The van der Waals surface area contributed by atoms with Crippen molar-refractivity contribution in [3.05, 3.63) is 47.3 Å². The third-order valence-electron chi connectivity index (χ3n) is 3.12. The van der Waals surface area contributed by atoms with Crippen LogP contribution in [0.15, 0.2) is 35.3 Å². The highest BCUT2D eigenvalue weighted by molar-refractivity contribution is 5.93. The van der Waals surface area contributed by atoms with E-state index in [1.165, 1.54) is 16.3 Å². The Bertz CT molecular complexity index is 624. The number of aromatic nitrogens is 1. The molecule has 1 aliphatic heterocycles. The number of pyridine rings is 1. The second kappa shape index (κ2) is 4.13. The van der Waals surface area contributed by atoms with Gasteiger partial charge < -0.3 is 0 Å². The lowest BCUT2D eigenvalue weighted by atomic mass is 10.0. The SMILES string of the molecule is Cc1nc2c(c3ccccc13)C=CCC=NC2. The Morgan fingerprint density at radius 1 is 1.12 bits per heavy atom. The Labute approximate surface area is 101 Å². The van der Waals surface area contributed by atoms with Crippen molar-refractivity contribution in [2.24, 2.45) is 4.99 Å². The molecule has 2 heteroatoms. The average molecular weight is 222 g/mol. The zero-order chi connectivity index (χ0) is 11.7. The quantitative estimate of drug-likeness (QED) is 0.669. The number of nitrogens with zero attached hydrogens (tertiary/aromatic N) is 2. The second-order valence-corrected chi connectivity index (χ2v) is 4.26. The molecular formula is C15H14N2. The van der Waals surface area contributed by atoms with Crippen LogP contribution in [0.25, 0.3) is 16.8 Å². The van der Waals surface area contributed by atoms with E-state index in [0.29, 0.717) is 6.54 Å². The molecule has 3 rings (SSSR count). The van der Waals surface area contributed by atoms with Gasteiger partial charge in [-0.05, 0) is 12.3 Å². The molecule has 17 heavy (non-hydrogen) atoms. The predicted octanol–water partition coefficient (Wildman–Crippen LogP) is 3.53. The maximum Gasteiger partial charge on any atom is 0.0814 e. The number of fused-ring (bicyclic) bond motifs is 3. The summed E-state index contributed by atoms with van der Waals surface area (Å²) in [6, 6.07) is 8.44. The summed E-state index contributed by atoms with van der Waals surface area (Å²) in [7, 11) is 0. The smallest absolute Gasteiger partial charge is 0.0814 e. The second-order valence-electron chi connectivity index (χ2n) is 4.26. The van der Waals surface area contributed by atoms with Crippen LogP contribution in [0.5, 0.6) is 0 Å². The van der Waals surface area contributed by atoms with Crippen molar-refractivity contribution >= 4 is 23.1 Å². The highest BCUT2D eigenvalue weighted by atomic mass is 14.8. The first-order chi connectivity index (χ1) is 8.36. The molecule has 2 heterocycles. The Hall–Kier alpha value is -1.96. The molecule has 0 N–H and O–H groups in total. The summed E-state index contributed by atoms with van der Waals surface area (Å²) < 4.78 is 0. The standard InChI is InChI=1S/C15H14N2/c1-11-12-6-2-3-7-13(12)14-8-4-5-9-16-10-15(14)17-11/h2-4,6-9H,5,10H2,1H3. The topological polar surface area (TPSA) is 25.2 Å². The Morgan fingerprint density at radius 3 is 2.82 bits per heavy atom. The van der Waals surface area contributed by atoms with Gasteiger partial charge in [-0.25, -0.2) is 0 Å². The summed E-state index contributed by atoms with van der Waals surface area (Å²) in [6.07, 6.45) is 7.17. The van der Waals surface area contributed by atoms with Crippen LogP contribution in [0.2, 0.25) is 0 Å². The van der Waals surface area contributed by atoms with Gasteiger partial charge in [0.25, 0.3) is 0 Å². The number of aliphatic imine (C=N–C) groups is 1. The molecule has 0 aliphatic carbocycles. The first-order valence-electron chi connectivity index (χ1n) is 5.89. The van der Waals surface area contributed by atoms with Crippen molar-refractivity contribution < 1.29 is 0 Å². The van der Waals surface area contributed by atoms with Crippen molar-refractivity contribution in [3.8, 4) is 0 Å². The monoisotopic (exact) mass is 222 g/mol. The lowest BCUT2D eigenvalue weighted by Gasteiger charge is -2.11. The van der Waals surface area contributed by atoms with E-state index < -0.39 is 0 Å². The molecule has 2 nitrogen and oxygen atoms in total. The first kappa shape index (κ1) is 10.2. The molecule has 0 unspecified atom stereocenters. The van der Waals surface area contributed by atoms with Gasteiger partial charge in [-0.15, -0.1) is 0 Å². The van der Waals surface area contributed by atoms with E-state index >= 15 is 0 Å². The molecule has 0 saturated heterocycles. The van der Waals surface area contributed by atoms with E-state index in [0.717, 1.165) is 17.8 Å². The molecule has 0 saturated carbocycles. The largest absolute Gasteiger partial charge is 0.291 e. The molecular weight excluding hydrogens is 208 g/mol. The molecule has 0 bridgehead atoms. The van der Waals surface area contributed by atoms with Gasteiger partial charge in [0.2, 0.25) is 0 Å². The van der Waals surface area contributed by atoms with Crippen LogP contribution >= 0.6 is 0 Å². The van der Waals surface area contributed by atoms with Gasteiger partial charge in [0.05, 0.1) is 12.2 Å². The van der Waals surface area contributed by atoms with Gasteiger partial charge >= 0.3 is 0 Å². The summed E-state index contributed by atoms with van der Waals surface area (Å²) in [4.78, 5) is 9.06. The molecule has 0 spiro atoms. The number of rotatable bonds is 0. The fourth-order valence-corrected chi connectivity index (χ4v) is 2.29. The van der Waals surface area contributed by atoms with E-state index in [1.807, 2.05) is 6.21 Å². The van der Waals surface area contributed by atoms with Crippen LogP contribution in [0, 0.1) is 6.92 Å². The van der Waals surface area contributed by atoms with E-state index in [2.05, 4.69) is 53.3 Å². The van der Waals surface area contributed by atoms with E-state index in [1.54, 1.807) is 0 Å². The number of benzene rings is 1. The summed E-state index contributed by atoms with van der Waals surface area (Å²) in [5, 5.41) is 2.52. The number of hydrogen-bond donors (Lipinski definition) is 0. The highest BCUT2D eigenvalue weighted by Gasteiger charge is 2.09. The summed E-state index contributed by atoms with van der Waals surface area (Å²) >= 11 is 0. The minimum atomic E-state index is 0.686. The van der Waals surface area contributed by atoms with Crippen LogP contribution in [0.1, 0.15) is 23.4 Å². The van der Waals surface area contributed by atoms with Crippen molar-refractivity contribution in [2.45, 2.75) is 19.9 Å². The van der Waals surface area contributed by atoms with Gasteiger partial charge in [-0.2, -0.15) is 0 Å². The minimum absolute atomic E-state index is 0.686. The molecule has 0 amide bonds. The van der Waals surface area contributed by atoms with Gasteiger partial charge in [0.15, 0.2) is 0 Å². The number of hydrogen-bond acceptors (Lipinski definition) is 2. The minimum Gasteiger partial charge on any atom is -0.291 e. The Morgan fingerprint density at radius 2 is 1.94 bits per heavy atom. The van der Waals surface area contributed by atoms with Gasteiger partial charge in [-0.3, -0.25) is 9.98 Å². The molecule has 1 aromatic carbocycles. The van der Waals surface area contributed by atoms with E-state index in [4.69, 9.17) is 0 Å². The third-order valence-corrected chi connectivity index (χ3v) is 3.12. The zero-order valence-electron chi connectivity index (χ0n) is 9.85.